The van der Waals surface area contributed by atoms with E-state index < -0.39 is 0 Å². The molecule has 1 aliphatic heterocycles. The van der Waals surface area contributed by atoms with E-state index >= 15 is 0 Å². The summed E-state index contributed by atoms with van der Waals surface area (Å²) in [5, 5.41) is 0. The molecule has 0 radical (unpaired) electrons. The van der Waals surface area contributed by atoms with Gasteiger partial charge in [0.15, 0.2) is 0 Å². The molecule has 28 heavy (non-hydrogen) atoms. The molecule has 1 heterocycles. The summed E-state index contributed by atoms with van der Waals surface area (Å²) >= 11 is 0. The molecular formula is C27H39N. The Morgan fingerprint density at radius 2 is 1.50 bits per heavy atom. The molecule has 4 bridgehead atoms. The largest absolute Gasteiger partial charge is 0.303 e. The molecule has 0 N–H and O–H groups in total. The van der Waals surface area contributed by atoms with Crippen LogP contribution in [0.25, 0.3) is 5.57 Å². The first-order chi connectivity index (χ1) is 13.8. The molecule has 0 unspecified atom stereocenters. The minimum absolute atomic E-state index is 0.517. The molecule has 0 amide bonds. The molecule has 4 aliphatic carbocycles. The van der Waals surface area contributed by atoms with E-state index in [0.717, 1.165) is 17.8 Å². The summed E-state index contributed by atoms with van der Waals surface area (Å²) in [5.41, 5.74) is 3.79. The van der Waals surface area contributed by atoms with Crippen LogP contribution in [-0.4, -0.2) is 24.5 Å². The Bertz CT molecular complexity index is 631. The Labute approximate surface area is 172 Å². The summed E-state index contributed by atoms with van der Waals surface area (Å²) in [6, 6.07) is 11.5. The number of piperidine rings is 1. The molecule has 4 saturated carbocycles. The van der Waals surface area contributed by atoms with Crippen LogP contribution in [0.15, 0.2) is 36.4 Å². The first kappa shape index (κ1) is 18.9. The van der Waals surface area contributed by atoms with Gasteiger partial charge < -0.3 is 4.90 Å². The lowest BCUT2D eigenvalue weighted by Crippen LogP contribution is -2.46. The van der Waals surface area contributed by atoms with Crippen molar-refractivity contribution in [1.29, 1.82) is 0 Å². The molecule has 1 heteroatoms. The molecule has 1 nitrogen and oxygen atoms in total. The topological polar surface area (TPSA) is 3.24 Å². The van der Waals surface area contributed by atoms with Crippen molar-refractivity contribution in [2.75, 3.05) is 19.6 Å². The van der Waals surface area contributed by atoms with Crippen molar-refractivity contribution >= 4 is 5.57 Å². The van der Waals surface area contributed by atoms with Gasteiger partial charge in [-0.1, -0.05) is 42.8 Å². The van der Waals surface area contributed by atoms with Crippen LogP contribution in [0.3, 0.4) is 0 Å². The fourth-order valence-electron chi connectivity index (χ4n) is 7.61. The highest BCUT2D eigenvalue weighted by atomic mass is 15.1. The maximum atomic E-state index is 2.70. The SMILES string of the molecule is C(/CCCCN1CCCCC1)=C(/c1ccccc1)C12CC3CC(CC(C3)C1)C2. The van der Waals surface area contributed by atoms with E-state index in [1.807, 2.05) is 0 Å². The Balaban J connectivity index is 1.28. The van der Waals surface area contributed by atoms with Crippen molar-refractivity contribution in [3.8, 4) is 0 Å². The van der Waals surface area contributed by atoms with E-state index in [4.69, 9.17) is 0 Å². The summed E-state index contributed by atoms with van der Waals surface area (Å²) in [7, 11) is 0. The predicted octanol–water partition coefficient (Wildman–Crippen LogP) is 6.94. The van der Waals surface area contributed by atoms with Crippen molar-refractivity contribution in [1.82, 2.24) is 4.90 Å². The summed E-state index contributed by atoms with van der Waals surface area (Å²) in [5.74, 6) is 3.08. The van der Waals surface area contributed by atoms with E-state index in [9.17, 15) is 0 Å². The van der Waals surface area contributed by atoms with Crippen LogP contribution >= 0.6 is 0 Å². The normalized spacial score (nSPS) is 35.4. The maximum Gasteiger partial charge on any atom is -0.00186 e. The number of rotatable bonds is 7. The quantitative estimate of drug-likeness (QED) is 0.465. The first-order valence-electron chi connectivity index (χ1n) is 12.3. The van der Waals surface area contributed by atoms with E-state index in [-0.39, 0.29) is 0 Å². The van der Waals surface area contributed by atoms with Gasteiger partial charge in [-0.3, -0.25) is 0 Å². The summed E-state index contributed by atoms with van der Waals surface area (Å²) < 4.78 is 0. The van der Waals surface area contributed by atoms with Crippen LogP contribution in [0.5, 0.6) is 0 Å². The van der Waals surface area contributed by atoms with Gasteiger partial charge in [-0.05, 0) is 125 Å². The van der Waals surface area contributed by atoms with Crippen LogP contribution in [0.1, 0.15) is 82.6 Å². The zero-order valence-corrected chi connectivity index (χ0v) is 17.7. The minimum Gasteiger partial charge on any atom is -0.303 e. The molecule has 5 aliphatic rings. The molecule has 0 atom stereocenters. The van der Waals surface area contributed by atoms with Crippen LogP contribution in [0, 0.1) is 23.2 Å². The summed E-state index contributed by atoms with van der Waals surface area (Å²) in [4.78, 5) is 2.70. The van der Waals surface area contributed by atoms with Crippen LogP contribution in [-0.2, 0) is 0 Å². The molecular weight excluding hydrogens is 338 g/mol. The number of likely N-dealkylation sites (tertiary alicyclic amines) is 1. The van der Waals surface area contributed by atoms with Crippen molar-refractivity contribution in [3.63, 3.8) is 0 Å². The second-order valence-corrected chi connectivity index (χ2v) is 10.6. The Morgan fingerprint density at radius 3 is 2.14 bits per heavy atom. The van der Waals surface area contributed by atoms with Gasteiger partial charge >= 0.3 is 0 Å². The predicted molar refractivity (Wildman–Crippen MR) is 119 cm³/mol. The zero-order chi connectivity index (χ0) is 18.8. The van der Waals surface area contributed by atoms with Crippen molar-refractivity contribution in [2.24, 2.45) is 23.2 Å². The van der Waals surface area contributed by atoms with Gasteiger partial charge in [-0.2, -0.15) is 0 Å². The molecule has 1 aromatic rings. The molecule has 1 saturated heterocycles. The third-order valence-corrected chi connectivity index (χ3v) is 8.42. The summed E-state index contributed by atoms with van der Waals surface area (Å²) in [6.07, 6.45) is 20.1. The Morgan fingerprint density at radius 1 is 0.857 bits per heavy atom. The molecule has 0 aromatic heterocycles. The average Bonchev–Trinajstić information content (AvgIpc) is 2.71. The molecule has 6 rings (SSSR count). The van der Waals surface area contributed by atoms with Gasteiger partial charge in [0.2, 0.25) is 0 Å². The summed E-state index contributed by atoms with van der Waals surface area (Å²) in [6.45, 7) is 4.02. The third-order valence-electron chi connectivity index (χ3n) is 8.42. The standard InChI is InChI=1S/C27H39N/c1-4-10-25(11-5-1)26(12-6-2-7-13-28-14-8-3-9-15-28)27-19-22-16-23(20-27)18-24(17-22)21-27/h1,4-5,10-12,22-24H,2-3,6-9,13-21H2/b26-12+. The van der Waals surface area contributed by atoms with Crippen LogP contribution in [0.4, 0.5) is 0 Å². The smallest absolute Gasteiger partial charge is 0.00186 e. The molecule has 1 aromatic carbocycles. The van der Waals surface area contributed by atoms with Crippen LogP contribution in [0.2, 0.25) is 0 Å². The lowest BCUT2D eigenvalue weighted by molar-refractivity contribution is -0.0178. The maximum absolute atomic E-state index is 2.70. The Hall–Kier alpha value is -1.08. The average molecular weight is 378 g/mol. The second-order valence-electron chi connectivity index (χ2n) is 10.6. The van der Waals surface area contributed by atoms with Crippen LogP contribution < -0.4 is 0 Å². The van der Waals surface area contributed by atoms with E-state index in [1.165, 1.54) is 102 Å². The lowest BCUT2D eigenvalue weighted by atomic mass is 9.47. The first-order valence-corrected chi connectivity index (χ1v) is 12.3. The van der Waals surface area contributed by atoms with Crippen molar-refractivity contribution in [2.45, 2.75) is 77.0 Å². The fourth-order valence-corrected chi connectivity index (χ4v) is 7.61. The highest BCUT2D eigenvalue weighted by Crippen LogP contribution is 2.64. The molecule has 0 spiro atoms. The van der Waals surface area contributed by atoms with Gasteiger partial charge in [0.05, 0.1) is 0 Å². The highest BCUT2D eigenvalue weighted by molar-refractivity contribution is 5.71. The number of benzene rings is 1. The monoisotopic (exact) mass is 377 g/mol. The lowest BCUT2D eigenvalue weighted by Gasteiger charge is -2.58. The number of allylic oxidation sites excluding steroid dienone is 2. The highest BCUT2D eigenvalue weighted by Gasteiger charge is 2.52. The van der Waals surface area contributed by atoms with Crippen molar-refractivity contribution in [3.05, 3.63) is 42.0 Å². The van der Waals surface area contributed by atoms with E-state index in [1.54, 1.807) is 5.57 Å². The zero-order valence-electron chi connectivity index (χ0n) is 17.7. The molecule has 5 fully saturated rings. The molecule has 152 valence electrons. The number of nitrogens with zero attached hydrogens (tertiary/aromatic N) is 1. The number of hydrogen-bond donors (Lipinski definition) is 0. The van der Waals surface area contributed by atoms with E-state index in [0.29, 0.717) is 5.41 Å². The van der Waals surface area contributed by atoms with Gasteiger partial charge in [-0.25, -0.2) is 0 Å². The van der Waals surface area contributed by atoms with Gasteiger partial charge in [-0.15, -0.1) is 0 Å². The minimum atomic E-state index is 0.517. The van der Waals surface area contributed by atoms with Crippen molar-refractivity contribution < 1.29 is 0 Å². The van der Waals surface area contributed by atoms with E-state index in [2.05, 4.69) is 41.3 Å². The number of hydrogen-bond acceptors (Lipinski definition) is 1. The van der Waals surface area contributed by atoms with Gasteiger partial charge in [0.25, 0.3) is 0 Å². The van der Waals surface area contributed by atoms with Gasteiger partial charge in [0, 0.05) is 0 Å². The Kier molecular flexibility index (Phi) is 5.64. The van der Waals surface area contributed by atoms with Gasteiger partial charge in [0.1, 0.15) is 0 Å². The third kappa shape index (κ3) is 3.97. The number of unbranched alkanes of at least 4 members (excludes halogenated alkanes) is 2. The fraction of sp³-hybridized carbons (Fsp3) is 0.704. The second kappa shape index (κ2) is 8.34.